The summed E-state index contributed by atoms with van der Waals surface area (Å²) in [5.74, 6) is -0.0595. The predicted molar refractivity (Wildman–Crippen MR) is 87.9 cm³/mol. The van der Waals surface area contributed by atoms with Gasteiger partial charge in [-0.3, -0.25) is 4.79 Å². The van der Waals surface area contributed by atoms with Crippen LogP contribution >= 0.6 is 35.6 Å². The maximum absolute atomic E-state index is 11.9. The fourth-order valence-corrected chi connectivity index (χ4v) is 2.29. The van der Waals surface area contributed by atoms with E-state index in [0.29, 0.717) is 16.6 Å². The van der Waals surface area contributed by atoms with Gasteiger partial charge in [-0.2, -0.15) is 0 Å². The second-order valence-corrected chi connectivity index (χ2v) is 5.40. The Morgan fingerprint density at radius 2 is 2.10 bits per heavy atom. The molecule has 0 heterocycles. The molecule has 0 fully saturated rings. The van der Waals surface area contributed by atoms with Crippen LogP contribution in [0.3, 0.4) is 0 Å². The van der Waals surface area contributed by atoms with Crippen LogP contribution in [0.4, 0.5) is 0 Å². The van der Waals surface area contributed by atoms with Crippen LogP contribution in [0.5, 0.6) is 0 Å². The third-order valence-corrected chi connectivity index (χ3v) is 3.51. The number of benzene rings is 1. The molecule has 1 aromatic rings. The summed E-state index contributed by atoms with van der Waals surface area (Å²) >= 11 is 11.9. The molecular formula is C14H21Cl3N2O. The van der Waals surface area contributed by atoms with Crippen LogP contribution in [0.25, 0.3) is 0 Å². The maximum atomic E-state index is 11.9. The second kappa shape index (κ2) is 10.3. The quantitative estimate of drug-likeness (QED) is 0.797. The number of hydrogen-bond acceptors (Lipinski definition) is 2. The van der Waals surface area contributed by atoms with Gasteiger partial charge < -0.3 is 11.1 Å². The first kappa shape index (κ1) is 19.5. The monoisotopic (exact) mass is 338 g/mol. The van der Waals surface area contributed by atoms with E-state index in [1.807, 2.05) is 0 Å². The Balaban J connectivity index is 0.00000361. The molecule has 0 aliphatic rings. The summed E-state index contributed by atoms with van der Waals surface area (Å²) in [5.41, 5.74) is 6.42. The Morgan fingerprint density at radius 3 is 2.65 bits per heavy atom. The molecule has 20 heavy (non-hydrogen) atoms. The number of carbonyl (C=O) groups excluding carboxylic acids is 1. The fourth-order valence-electron chi connectivity index (χ4n) is 1.82. The molecule has 3 nitrogen and oxygen atoms in total. The predicted octanol–water partition coefficient (Wildman–Crippen LogP) is 3.59. The lowest BCUT2D eigenvalue weighted by molar-refractivity contribution is -0.121. The fraction of sp³-hybridized carbons (Fsp3) is 0.500. The SMILES string of the molecule is CCCCC(CN)NC(=O)Cc1ccc(Cl)cc1Cl.Cl. The summed E-state index contributed by atoms with van der Waals surface area (Å²) < 4.78 is 0. The van der Waals surface area contributed by atoms with Crippen molar-refractivity contribution in [3.63, 3.8) is 0 Å². The standard InChI is InChI=1S/C14H20Cl2N2O.ClH/c1-2-3-4-12(9-17)18-14(19)7-10-5-6-11(15)8-13(10)16;/h5-6,8,12H,2-4,7,9,17H2,1H3,(H,18,19);1H. The molecular weight excluding hydrogens is 319 g/mol. The number of hydrogen-bond donors (Lipinski definition) is 2. The van der Waals surface area contributed by atoms with E-state index in [4.69, 9.17) is 28.9 Å². The van der Waals surface area contributed by atoms with Gasteiger partial charge in [-0.25, -0.2) is 0 Å². The van der Waals surface area contributed by atoms with Gasteiger partial charge >= 0.3 is 0 Å². The van der Waals surface area contributed by atoms with Gasteiger partial charge in [0, 0.05) is 22.6 Å². The minimum atomic E-state index is -0.0595. The largest absolute Gasteiger partial charge is 0.352 e. The topological polar surface area (TPSA) is 55.1 Å². The first-order valence-corrected chi connectivity index (χ1v) is 7.25. The molecule has 114 valence electrons. The number of halogens is 3. The van der Waals surface area contributed by atoms with Crippen LogP contribution in [0.2, 0.25) is 10.0 Å². The van der Waals surface area contributed by atoms with E-state index >= 15 is 0 Å². The zero-order valence-corrected chi connectivity index (χ0v) is 13.8. The first-order valence-electron chi connectivity index (χ1n) is 6.50. The normalized spacial score (nSPS) is 11.6. The van der Waals surface area contributed by atoms with Crippen molar-refractivity contribution in [3.8, 4) is 0 Å². The lowest BCUT2D eigenvalue weighted by Crippen LogP contribution is -2.40. The molecule has 1 aromatic carbocycles. The zero-order valence-electron chi connectivity index (χ0n) is 11.5. The summed E-state index contributed by atoms with van der Waals surface area (Å²) in [5, 5.41) is 4.02. The summed E-state index contributed by atoms with van der Waals surface area (Å²) in [6, 6.07) is 5.18. The Bertz CT molecular complexity index is 427. The van der Waals surface area contributed by atoms with Crippen molar-refractivity contribution in [2.24, 2.45) is 5.73 Å². The van der Waals surface area contributed by atoms with Crippen molar-refractivity contribution >= 4 is 41.5 Å². The van der Waals surface area contributed by atoms with E-state index in [9.17, 15) is 4.79 Å². The number of carbonyl (C=O) groups is 1. The van der Waals surface area contributed by atoms with E-state index in [1.165, 1.54) is 0 Å². The second-order valence-electron chi connectivity index (χ2n) is 4.55. The minimum absolute atomic E-state index is 0. The van der Waals surface area contributed by atoms with Crippen LogP contribution in [0.15, 0.2) is 18.2 Å². The molecule has 1 amide bonds. The van der Waals surface area contributed by atoms with Crippen LogP contribution < -0.4 is 11.1 Å². The van der Waals surface area contributed by atoms with Gasteiger partial charge in [0.25, 0.3) is 0 Å². The van der Waals surface area contributed by atoms with Gasteiger partial charge in [0.1, 0.15) is 0 Å². The molecule has 0 saturated carbocycles. The summed E-state index contributed by atoms with van der Waals surface area (Å²) in [6.45, 7) is 2.57. The number of amides is 1. The third-order valence-electron chi connectivity index (χ3n) is 2.92. The molecule has 0 saturated heterocycles. The van der Waals surface area contributed by atoms with Crippen LogP contribution in [0.1, 0.15) is 31.7 Å². The molecule has 0 aliphatic heterocycles. The van der Waals surface area contributed by atoms with Crippen molar-refractivity contribution in [2.75, 3.05) is 6.54 Å². The number of nitrogens with two attached hydrogens (primary N) is 1. The maximum Gasteiger partial charge on any atom is 0.224 e. The lowest BCUT2D eigenvalue weighted by Gasteiger charge is -2.16. The van der Waals surface area contributed by atoms with Crippen molar-refractivity contribution in [2.45, 2.75) is 38.6 Å². The van der Waals surface area contributed by atoms with Gasteiger partial charge in [-0.15, -0.1) is 12.4 Å². The highest BCUT2D eigenvalue weighted by atomic mass is 35.5. The van der Waals surface area contributed by atoms with Crippen LogP contribution in [0, 0.1) is 0 Å². The molecule has 1 rings (SSSR count). The highest BCUT2D eigenvalue weighted by molar-refractivity contribution is 6.35. The Kier molecular flexibility index (Phi) is 10.0. The Morgan fingerprint density at radius 1 is 1.40 bits per heavy atom. The molecule has 1 unspecified atom stereocenters. The molecule has 3 N–H and O–H groups in total. The molecule has 0 aromatic heterocycles. The molecule has 1 atom stereocenters. The van der Waals surface area contributed by atoms with Crippen molar-refractivity contribution in [3.05, 3.63) is 33.8 Å². The minimum Gasteiger partial charge on any atom is -0.352 e. The summed E-state index contributed by atoms with van der Waals surface area (Å²) in [6.07, 6.45) is 3.31. The molecule has 6 heteroatoms. The van der Waals surface area contributed by atoms with E-state index in [2.05, 4.69) is 12.2 Å². The van der Waals surface area contributed by atoms with Gasteiger partial charge in [-0.05, 0) is 24.1 Å². The highest BCUT2D eigenvalue weighted by Crippen LogP contribution is 2.21. The number of rotatable bonds is 7. The van der Waals surface area contributed by atoms with Crippen molar-refractivity contribution in [1.82, 2.24) is 5.32 Å². The Labute approximate surface area is 136 Å². The first-order chi connectivity index (χ1) is 9.06. The third kappa shape index (κ3) is 6.80. The number of nitrogens with one attached hydrogen (secondary N) is 1. The molecule has 0 radical (unpaired) electrons. The average molecular weight is 340 g/mol. The van der Waals surface area contributed by atoms with Crippen molar-refractivity contribution < 1.29 is 4.79 Å². The van der Waals surface area contributed by atoms with E-state index in [1.54, 1.807) is 18.2 Å². The zero-order chi connectivity index (χ0) is 14.3. The van der Waals surface area contributed by atoms with E-state index < -0.39 is 0 Å². The number of unbranched alkanes of at least 4 members (excludes halogenated alkanes) is 1. The van der Waals surface area contributed by atoms with E-state index in [0.717, 1.165) is 24.8 Å². The van der Waals surface area contributed by atoms with Gasteiger partial charge in [0.2, 0.25) is 5.91 Å². The van der Waals surface area contributed by atoms with Crippen LogP contribution in [-0.4, -0.2) is 18.5 Å². The highest BCUT2D eigenvalue weighted by Gasteiger charge is 2.12. The molecule has 0 spiro atoms. The summed E-state index contributed by atoms with van der Waals surface area (Å²) in [7, 11) is 0. The molecule has 0 aliphatic carbocycles. The van der Waals surface area contributed by atoms with Crippen molar-refractivity contribution in [1.29, 1.82) is 0 Å². The lowest BCUT2D eigenvalue weighted by atomic mass is 10.1. The summed E-state index contributed by atoms with van der Waals surface area (Å²) in [4.78, 5) is 11.9. The average Bonchev–Trinajstić information content (AvgIpc) is 2.38. The molecule has 0 bridgehead atoms. The van der Waals surface area contributed by atoms with E-state index in [-0.39, 0.29) is 30.8 Å². The van der Waals surface area contributed by atoms with Crippen LogP contribution in [-0.2, 0) is 11.2 Å². The van der Waals surface area contributed by atoms with Gasteiger partial charge in [0.05, 0.1) is 6.42 Å². The Hall–Kier alpha value is -0.480. The smallest absolute Gasteiger partial charge is 0.224 e. The van der Waals surface area contributed by atoms with Gasteiger partial charge in [-0.1, -0.05) is 49.0 Å². The van der Waals surface area contributed by atoms with Gasteiger partial charge in [0.15, 0.2) is 0 Å².